The van der Waals surface area contributed by atoms with E-state index in [9.17, 15) is 0 Å². The quantitative estimate of drug-likeness (QED) is 0.00972. The Morgan fingerprint density at radius 2 is 0.531 bits per heavy atom. The molecule has 32 heteroatoms. The molecule has 0 aromatic heterocycles. The Morgan fingerprint density at radius 3 is 0.776 bits per heavy atom. The van der Waals surface area contributed by atoms with Crippen molar-refractivity contribution in [1.29, 1.82) is 0 Å². The van der Waals surface area contributed by atoms with Crippen molar-refractivity contribution in [2.45, 2.75) is 271 Å². The molecule has 12 nitrogen and oxygen atoms in total. The van der Waals surface area contributed by atoms with Gasteiger partial charge in [-0.2, -0.15) is 0 Å². The van der Waals surface area contributed by atoms with Gasteiger partial charge in [-0.15, -0.1) is 126 Å². The van der Waals surface area contributed by atoms with Crippen LogP contribution in [-0.4, -0.2) is 138 Å². The molecular weight excluding hydrogens is 1610 g/mol. The van der Waals surface area contributed by atoms with Gasteiger partial charge in [0, 0.05) is 118 Å². The molecule has 0 fully saturated rings. The maximum atomic E-state index is 6.56. The summed E-state index contributed by atoms with van der Waals surface area (Å²) in [6.45, 7) is 47.0. The van der Waals surface area contributed by atoms with Crippen LogP contribution in [0.25, 0.3) is 0 Å². The van der Waals surface area contributed by atoms with Crippen LogP contribution in [0.15, 0.2) is 19.6 Å². The van der Waals surface area contributed by atoms with Gasteiger partial charge < -0.3 is 53.1 Å². The predicted molar refractivity (Wildman–Crippen MR) is 488 cm³/mol. The van der Waals surface area contributed by atoms with Crippen molar-refractivity contribution in [3.05, 3.63) is 19.6 Å². The Bertz CT molecular complexity index is 1970. The molecule has 0 saturated carbocycles. The zero-order valence-electron chi connectivity index (χ0n) is 64.5. The Hall–Kier alpha value is 5.47. The fraction of sp³-hybridized carbons (Fsp3) is 0.939. The average Bonchev–Trinajstić information content (AvgIpc) is 0.741. The first kappa shape index (κ1) is 103. The molecule has 0 N–H and O–H groups in total. The summed E-state index contributed by atoms with van der Waals surface area (Å²) >= 11 is 45.9. The van der Waals surface area contributed by atoms with Gasteiger partial charge in [0.1, 0.15) is 0 Å². The van der Waals surface area contributed by atoms with Crippen LogP contribution in [0, 0.1) is 29.6 Å². The van der Waals surface area contributed by atoms with Crippen molar-refractivity contribution in [3.63, 3.8) is 0 Å². The molecule has 0 saturated heterocycles. The first-order valence-corrected chi connectivity index (χ1v) is 65.8. The molecule has 0 aromatic carbocycles. The molecule has 98 heavy (non-hydrogen) atoms. The zero-order valence-corrected chi connectivity index (χ0v) is 82.2. The van der Waals surface area contributed by atoms with E-state index in [2.05, 4.69) is 48.5 Å². The molecule has 0 amide bonds. The van der Waals surface area contributed by atoms with Crippen molar-refractivity contribution >= 4 is 200 Å². The molecule has 0 aliphatic heterocycles. The van der Waals surface area contributed by atoms with E-state index in [1.165, 1.54) is 100 Å². The highest BCUT2D eigenvalue weighted by atomic mass is 33.7. The molecule has 0 heterocycles. The smallest absolute Gasteiger partial charge is 0.374 e. The van der Waals surface area contributed by atoms with Crippen molar-refractivity contribution < 1.29 is 53.1 Å². The van der Waals surface area contributed by atoms with Crippen LogP contribution in [0.1, 0.15) is 247 Å². The van der Waals surface area contributed by atoms with Gasteiger partial charge in [0.25, 0.3) is 0 Å². The lowest BCUT2D eigenvalue weighted by Gasteiger charge is -2.50. The first-order chi connectivity index (χ1) is 46.6. The molecule has 0 aliphatic carbocycles. The van der Waals surface area contributed by atoms with Gasteiger partial charge in [-0.3, -0.25) is 0 Å². The van der Waals surface area contributed by atoms with Crippen LogP contribution in [0.2, 0.25) is 24.2 Å². The minimum Gasteiger partial charge on any atom is -0.374 e. The van der Waals surface area contributed by atoms with Crippen LogP contribution < -0.4 is 0 Å². The summed E-state index contributed by atoms with van der Waals surface area (Å²) in [6, 6.07) is 2.49. The van der Waals surface area contributed by atoms with Gasteiger partial charge in [-0.25, -0.2) is 0 Å². The van der Waals surface area contributed by atoms with Gasteiger partial charge in [0.05, 0.1) is 0 Å². The number of unbranched alkanes of at least 4 members (excludes halogenated alkanes) is 1. The minimum absolute atomic E-state index is 0.281. The molecule has 0 rings (SSSR count). The van der Waals surface area contributed by atoms with E-state index in [1.54, 1.807) is 19.7 Å². The fourth-order valence-electron chi connectivity index (χ4n) is 12.8. The summed E-state index contributed by atoms with van der Waals surface area (Å²) in [5.74, 6) is 6.09. The van der Waals surface area contributed by atoms with E-state index in [0.717, 1.165) is 65.4 Å². The molecule has 594 valence electrons. The minimum atomic E-state index is -3.11. The summed E-state index contributed by atoms with van der Waals surface area (Å²) in [5.41, 5.74) is 1.11. The average molecular weight is 1760 g/mol. The first-order valence-electron chi connectivity index (χ1n) is 37.2. The number of thiol groups is 8. The van der Waals surface area contributed by atoms with E-state index in [1.807, 2.05) is 83.1 Å². The van der Waals surface area contributed by atoms with Gasteiger partial charge in [0.15, 0.2) is 0 Å². The standard InChI is InChI=1S/C66H146O12S16Si4/c1-20-67-95(68-21-2,69-22-3)53-37-49-91(83,87-79)64(57-62(18)48-36-47-60(16)43-33-32-42-59(15)45-35-46-61(17)44-34-41-58(13)14)65(92(84,88-80)50-38-54-96(70-23-4,71-24-5)72-25-6)63(19)66(93(85,89-81)51-39-55-97(73-26-7,74-27-8)75-28-9)94(86,90-82)52-40-56-98(76-29-10,77-30-11)78-31-12/h58-62,79-86H,20-57H2,1-19H3. The Kier molecular flexibility index (Phi) is 61.6. The van der Waals surface area contributed by atoms with Crippen LogP contribution in [0.4, 0.5) is 0 Å². The molecule has 8 unspecified atom stereocenters. The molecule has 0 spiro atoms. The predicted octanol–water partition coefficient (Wildman–Crippen LogP) is 26.4. The summed E-state index contributed by atoms with van der Waals surface area (Å²) in [5, 5.41) is 0. The maximum absolute atomic E-state index is 6.56. The van der Waals surface area contributed by atoms with E-state index in [-0.39, 0.29) is 5.92 Å². The number of rotatable bonds is 68. The number of hydrogen-bond acceptors (Lipinski definition) is 24. The summed E-state index contributed by atoms with van der Waals surface area (Å²) < 4.78 is 79.5. The second-order valence-corrected chi connectivity index (χ2v) is 70.5. The lowest BCUT2D eigenvalue weighted by molar-refractivity contribution is 0.0704. The topological polar surface area (TPSA) is 111 Å². The zero-order chi connectivity index (χ0) is 74.4. The van der Waals surface area contributed by atoms with Gasteiger partial charge >= 0.3 is 35.2 Å². The Labute approximate surface area is 668 Å². The van der Waals surface area contributed by atoms with E-state index < -0.39 is 67.6 Å². The molecule has 0 bridgehead atoms. The third-order valence-electron chi connectivity index (χ3n) is 17.1. The summed E-state index contributed by atoms with van der Waals surface area (Å²) in [7, 11) is -15.1. The molecule has 0 radical (unpaired) electrons. The lowest BCUT2D eigenvalue weighted by atomic mass is 9.90. The number of hydrogen-bond donors (Lipinski definition) is 8. The third kappa shape index (κ3) is 38.8. The molecular formula is C66H146O12S16Si4. The largest absolute Gasteiger partial charge is 0.500 e. The van der Waals surface area contributed by atoms with Crippen molar-refractivity contribution in [1.82, 2.24) is 0 Å². The van der Waals surface area contributed by atoms with Crippen LogP contribution >= 0.6 is 165 Å². The fourth-order valence-corrected chi connectivity index (χ4v) is 56.7. The van der Waals surface area contributed by atoms with Gasteiger partial charge in [-0.1, -0.05) is 125 Å². The van der Waals surface area contributed by atoms with E-state index in [0.29, 0.717) is 139 Å². The van der Waals surface area contributed by atoms with Crippen molar-refractivity contribution in [3.8, 4) is 0 Å². The second-order valence-electron chi connectivity index (χ2n) is 25.8. The molecule has 0 aromatic rings. The van der Waals surface area contributed by atoms with Crippen LogP contribution in [0.3, 0.4) is 0 Å². The van der Waals surface area contributed by atoms with Gasteiger partial charge in [0.2, 0.25) is 0 Å². The number of allylic oxidation sites excluding steroid dienone is 2. The Morgan fingerprint density at radius 1 is 0.306 bits per heavy atom. The van der Waals surface area contributed by atoms with Gasteiger partial charge in [-0.05, 0) is 220 Å². The lowest BCUT2D eigenvalue weighted by Crippen LogP contribution is -2.46. The van der Waals surface area contributed by atoms with Crippen LogP contribution in [-0.2, 0) is 53.1 Å². The highest BCUT2D eigenvalue weighted by Crippen LogP contribution is 2.90. The SMILES string of the molecule is CCO[Si](CCCS(S)(SS)C(CC(C)CCCC(C)CCCCC(C)CCCC(C)CCCC(C)C)=C(C(C)=C(S(S)(CCC[Si](OCC)(OCC)OCC)SS)S(S)(CCC[Si](OCC)(OCC)OCC)SS)S(S)(CCC[Si](OCC)(OCC)OCC)SS)(OCC)OCC. The van der Waals surface area contributed by atoms with E-state index >= 15 is 0 Å². The summed E-state index contributed by atoms with van der Waals surface area (Å²) in [6.07, 6.45) is 20.4. The second kappa shape index (κ2) is 58.3. The van der Waals surface area contributed by atoms with E-state index in [4.69, 9.17) is 146 Å². The summed E-state index contributed by atoms with van der Waals surface area (Å²) in [4.78, 5) is 2.46. The van der Waals surface area contributed by atoms with Crippen molar-refractivity contribution in [2.24, 2.45) is 29.6 Å². The maximum Gasteiger partial charge on any atom is 0.500 e. The highest BCUT2D eigenvalue weighted by Gasteiger charge is 2.49. The highest BCUT2D eigenvalue weighted by molar-refractivity contribution is 9.43. The molecule has 8 atom stereocenters. The Balaban J connectivity index is 9.06. The van der Waals surface area contributed by atoms with Crippen LogP contribution in [0.5, 0.6) is 0 Å². The van der Waals surface area contributed by atoms with Crippen molar-refractivity contribution in [2.75, 3.05) is 102 Å². The molecule has 0 aliphatic rings. The monoisotopic (exact) mass is 1750 g/mol. The third-order valence-corrected chi connectivity index (χ3v) is 69.0. The normalized spacial score (nSPS) is 18.2.